The third kappa shape index (κ3) is 3.71. The van der Waals surface area contributed by atoms with Gasteiger partial charge in [-0.05, 0) is 48.4 Å². The lowest BCUT2D eigenvalue weighted by Gasteiger charge is -2.17. The summed E-state index contributed by atoms with van der Waals surface area (Å²) >= 11 is 1.63. The van der Waals surface area contributed by atoms with Crippen LogP contribution in [-0.2, 0) is 30.7 Å². The summed E-state index contributed by atoms with van der Waals surface area (Å²) < 4.78 is 17.8. The van der Waals surface area contributed by atoms with Crippen molar-refractivity contribution in [2.24, 2.45) is 5.92 Å². The predicted octanol–water partition coefficient (Wildman–Crippen LogP) is 2.89. The molecule has 1 aliphatic heterocycles. The van der Waals surface area contributed by atoms with Crippen molar-refractivity contribution in [3.63, 3.8) is 0 Å². The average Bonchev–Trinajstić information content (AvgIpc) is 3.33. The van der Waals surface area contributed by atoms with Crippen LogP contribution in [0.1, 0.15) is 29.3 Å². The van der Waals surface area contributed by atoms with Gasteiger partial charge in [0, 0.05) is 4.88 Å². The van der Waals surface area contributed by atoms with Crippen LogP contribution in [0.15, 0.2) is 29.3 Å². The van der Waals surface area contributed by atoms with Crippen molar-refractivity contribution in [1.82, 2.24) is 9.55 Å². The summed E-state index contributed by atoms with van der Waals surface area (Å²) in [4.78, 5) is 19.6. The molecule has 8 heteroatoms. The quantitative estimate of drug-likeness (QED) is 0.650. The molecule has 3 aromatic rings. The fourth-order valence-electron chi connectivity index (χ4n) is 4.12. The number of nitrogens with zero attached hydrogens (tertiary/aromatic N) is 2. The van der Waals surface area contributed by atoms with Crippen LogP contribution in [0.5, 0.6) is 11.5 Å². The first-order chi connectivity index (χ1) is 14.6. The number of thiophene rings is 1. The molecule has 0 spiro atoms. The lowest BCUT2D eigenvalue weighted by Crippen LogP contribution is -2.29. The number of aliphatic hydroxyl groups is 1. The van der Waals surface area contributed by atoms with Crippen molar-refractivity contribution < 1.29 is 19.3 Å². The molecule has 0 saturated heterocycles. The molecule has 2 aromatic heterocycles. The van der Waals surface area contributed by atoms with Gasteiger partial charge in [-0.1, -0.05) is 13.0 Å². The number of fused-ring (bicyclic) bond motifs is 4. The highest BCUT2D eigenvalue weighted by molar-refractivity contribution is 7.18. The van der Waals surface area contributed by atoms with Gasteiger partial charge in [-0.25, -0.2) is 4.98 Å². The van der Waals surface area contributed by atoms with Gasteiger partial charge in [0.25, 0.3) is 5.56 Å². The van der Waals surface area contributed by atoms with Gasteiger partial charge in [-0.15, -0.1) is 11.3 Å². The maximum Gasteiger partial charge on any atom is 0.262 e. The molecule has 0 unspecified atom stereocenters. The molecular weight excluding hydrogens is 404 g/mol. The number of rotatable bonds is 6. The first-order valence-electron chi connectivity index (χ1n) is 10.2. The molecule has 0 radical (unpaired) electrons. The van der Waals surface area contributed by atoms with Crippen LogP contribution in [0.25, 0.3) is 10.2 Å². The normalized spacial score (nSPS) is 18.5. The van der Waals surface area contributed by atoms with Gasteiger partial charge >= 0.3 is 0 Å². The van der Waals surface area contributed by atoms with Crippen molar-refractivity contribution in [3.8, 4) is 11.5 Å². The van der Waals surface area contributed by atoms with Crippen molar-refractivity contribution in [3.05, 3.63) is 50.9 Å². The molecular formula is C22H24N2O5S. The molecule has 30 heavy (non-hydrogen) atoms. The minimum absolute atomic E-state index is 0.0677. The van der Waals surface area contributed by atoms with E-state index in [0.717, 1.165) is 46.4 Å². The van der Waals surface area contributed by atoms with Crippen molar-refractivity contribution in [2.75, 3.05) is 13.4 Å². The Morgan fingerprint density at radius 2 is 2.23 bits per heavy atom. The molecule has 1 N–H and O–H groups in total. The van der Waals surface area contributed by atoms with Gasteiger partial charge in [0.1, 0.15) is 4.83 Å². The van der Waals surface area contributed by atoms with Crippen LogP contribution in [0, 0.1) is 5.92 Å². The Labute approximate surface area is 177 Å². The van der Waals surface area contributed by atoms with Crippen molar-refractivity contribution in [2.45, 2.75) is 45.4 Å². The number of ether oxygens (including phenoxy) is 3. The molecule has 2 aliphatic rings. The smallest absolute Gasteiger partial charge is 0.262 e. The molecule has 1 aromatic carbocycles. The second-order valence-corrected chi connectivity index (χ2v) is 9.17. The predicted molar refractivity (Wildman–Crippen MR) is 113 cm³/mol. The fourth-order valence-corrected chi connectivity index (χ4v) is 5.46. The van der Waals surface area contributed by atoms with Gasteiger partial charge < -0.3 is 19.3 Å². The lowest BCUT2D eigenvalue weighted by atomic mass is 9.89. The van der Waals surface area contributed by atoms with Crippen LogP contribution < -0.4 is 15.0 Å². The second-order valence-electron chi connectivity index (χ2n) is 8.09. The molecule has 2 atom stereocenters. The molecule has 158 valence electrons. The number of aryl methyl sites for hydroxylation is 1. The van der Waals surface area contributed by atoms with Crippen LogP contribution >= 0.6 is 11.3 Å². The topological polar surface area (TPSA) is 82.8 Å². The number of aliphatic hydroxyl groups excluding tert-OH is 1. The molecule has 0 bridgehead atoms. The Hall–Kier alpha value is -2.42. The minimum Gasteiger partial charge on any atom is -0.454 e. The van der Waals surface area contributed by atoms with Gasteiger partial charge in [0.2, 0.25) is 6.79 Å². The summed E-state index contributed by atoms with van der Waals surface area (Å²) in [6, 6.07) is 5.63. The largest absolute Gasteiger partial charge is 0.454 e. The summed E-state index contributed by atoms with van der Waals surface area (Å²) in [5.41, 5.74) is 2.03. The van der Waals surface area contributed by atoms with E-state index in [2.05, 4.69) is 11.9 Å². The minimum atomic E-state index is -0.801. The number of aromatic nitrogens is 2. The summed E-state index contributed by atoms with van der Waals surface area (Å²) in [5.74, 6) is 2.08. The highest BCUT2D eigenvalue weighted by atomic mass is 32.1. The van der Waals surface area contributed by atoms with Gasteiger partial charge in [0.05, 0.1) is 37.6 Å². The zero-order valence-electron chi connectivity index (χ0n) is 16.8. The number of benzene rings is 1. The fraction of sp³-hybridized carbons (Fsp3) is 0.455. The molecule has 1 aliphatic carbocycles. The second kappa shape index (κ2) is 8.02. The van der Waals surface area contributed by atoms with E-state index >= 15 is 0 Å². The summed E-state index contributed by atoms with van der Waals surface area (Å²) in [6.45, 7) is 3.11. The SMILES string of the molecule is C[C@@H]1CCc2c(sc3ncn(C[C@H](O)COCc4ccc5c(c4)OCO5)c(=O)c23)C1. The van der Waals surface area contributed by atoms with E-state index in [9.17, 15) is 9.90 Å². The lowest BCUT2D eigenvalue weighted by molar-refractivity contribution is 0.0198. The maximum absolute atomic E-state index is 13.0. The summed E-state index contributed by atoms with van der Waals surface area (Å²) in [6.07, 6.45) is 3.79. The Morgan fingerprint density at radius 3 is 3.13 bits per heavy atom. The van der Waals surface area contributed by atoms with Crippen LogP contribution in [0.3, 0.4) is 0 Å². The first-order valence-corrected chi connectivity index (χ1v) is 11.0. The maximum atomic E-state index is 13.0. The van der Waals surface area contributed by atoms with Crippen LogP contribution in [0.2, 0.25) is 0 Å². The van der Waals surface area contributed by atoms with E-state index in [0.29, 0.717) is 18.3 Å². The molecule has 0 amide bonds. The summed E-state index contributed by atoms with van der Waals surface area (Å²) in [5, 5.41) is 11.1. The van der Waals surface area contributed by atoms with Gasteiger partial charge in [0.15, 0.2) is 11.5 Å². The summed E-state index contributed by atoms with van der Waals surface area (Å²) in [7, 11) is 0. The Kier molecular flexibility index (Phi) is 5.22. The highest BCUT2D eigenvalue weighted by Crippen LogP contribution is 2.35. The number of hydrogen-bond donors (Lipinski definition) is 1. The Morgan fingerprint density at radius 1 is 1.37 bits per heavy atom. The molecule has 3 heterocycles. The molecule has 7 nitrogen and oxygen atoms in total. The third-order valence-electron chi connectivity index (χ3n) is 5.71. The standard InChI is InChI=1S/C22H24N2O5S/c1-13-2-4-16-19(6-13)30-21-20(16)22(26)24(11-23-21)8-15(25)10-27-9-14-3-5-17-18(7-14)29-12-28-17/h3,5,7,11,13,15,25H,2,4,6,8-10,12H2,1H3/t13-,15+/m1/s1. The number of hydrogen-bond acceptors (Lipinski definition) is 7. The van der Waals surface area contributed by atoms with Crippen LogP contribution in [0.4, 0.5) is 0 Å². The Bertz CT molecular complexity index is 1140. The first kappa shape index (κ1) is 19.5. The zero-order valence-corrected chi connectivity index (χ0v) is 17.6. The van der Waals surface area contributed by atoms with E-state index in [1.165, 1.54) is 15.8 Å². The molecule has 0 fully saturated rings. The average molecular weight is 429 g/mol. The highest BCUT2D eigenvalue weighted by Gasteiger charge is 2.23. The monoisotopic (exact) mass is 428 g/mol. The van der Waals surface area contributed by atoms with Crippen LogP contribution in [-0.4, -0.2) is 34.2 Å². The van der Waals surface area contributed by atoms with E-state index < -0.39 is 6.10 Å². The van der Waals surface area contributed by atoms with E-state index in [-0.39, 0.29) is 25.5 Å². The molecule has 5 rings (SSSR count). The molecule has 0 saturated carbocycles. The third-order valence-corrected chi connectivity index (χ3v) is 6.87. The van der Waals surface area contributed by atoms with E-state index in [1.54, 1.807) is 11.3 Å². The van der Waals surface area contributed by atoms with E-state index in [1.807, 2.05) is 18.2 Å². The van der Waals surface area contributed by atoms with Crippen molar-refractivity contribution in [1.29, 1.82) is 0 Å². The van der Waals surface area contributed by atoms with Gasteiger partial charge in [-0.2, -0.15) is 0 Å². The van der Waals surface area contributed by atoms with Gasteiger partial charge in [-0.3, -0.25) is 9.36 Å². The van der Waals surface area contributed by atoms with Crippen molar-refractivity contribution >= 4 is 21.6 Å². The Balaban J connectivity index is 1.24. The van der Waals surface area contributed by atoms with E-state index in [4.69, 9.17) is 14.2 Å². The zero-order chi connectivity index (χ0) is 20.7.